The molecular weight excluding hydrogens is 550 g/mol. The Morgan fingerprint density at radius 1 is 1.03 bits per heavy atom. The fraction of sp³-hybridized carbons (Fsp3) is 0.241. The fourth-order valence-corrected chi connectivity index (χ4v) is 4.91. The number of nitrogens with one attached hydrogen (secondary N) is 2. The van der Waals surface area contributed by atoms with Crippen molar-refractivity contribution in [2.45, 2.75) is 38.8 Å². The van der Waals surface area contributed by atoms with E-state index in [9.17, 15) is 24.3 Å². The van der Waals surface area contributed by atoms with Crippen molar-refractivity contribution in [3.63, 3.8) is 0 Å². The van der Waals surface area contributed by atoms with Crippen LogP contribution in [-0.2, 0) is 9.59 Å². The molecule has 0 radical (unpaired) electrons. The highest BCUT2D eigenvalue weighted by Crippen LogP contribution is 2.39. The zero-order chi connectivity index (χ0) is 27.4. The zero-order valence-electron chi connectivity index (χ0n) is 21.0. The molecule has 0 aliphatic carbocycles. The molecule has 0 bridgehead atoms. The van der Waals surface area contributed by atoms with E-state index >= 15 is 0 Å². The Morgan fingerprint density at radius 3 is 2.42 bits per heavy atom. The van der Waals surface area contributed by atoms with E-state index in [1.54, 1.807) is 29.2 Å². The van der Waals surface area contributed by atoms with Gasteiger partial charge in [0, 0.05) is 15.6 Å². The molecule has 4 rings (SSSR count). The van der Waals surface area contributed by atoms with Crippen molar-refractivity contribution in [2.24, 2.45) is 5.92 Å². The van der Waals surface area contributed by atoms with Crippen LogP contribution in [0.1, 0.15) is 59.0 Å². The van der Waals surface area contributed by atoms with Crippen LogP contribution in [0.5, 0.6) is 0 Å². The predicted molar refractivity (Wildman–Crippen MR) is 148 cm³/mol. The third-order valence-corrected chi connectivity index (χ3v) is 6.76. The van der Waals surface area contributed by atoms with Crippen molar-refractivity contribution in [1.29, 1.82) is 0 Å². The second kappa shape index (κ2) is 11.6. The van der Waals surface area contributed by atoms with Crippen LogP contribution in [-0.4, -0.2) is 34.8 Å². The van der Waals surface area contributed by atoms with E-state index in [2.05, 4.69) is 26.6 Å². The van der Waals surface area contributed by atoms with Gasteiger partial charge in [-0.25, -0.2) is 4.79 Å². The van der Waals surface area contributed by atoms with Crippen molar-refractivity contribution in [3.8, 4) is 0 Å². The number of nitrogens with zero attached hydrogens (tertiary/aromatic N) is 1. The van der Waals surface area contributed by atoms with E-state index < -0.39 is 24.0 Å². The Bertz CT molecular complexity index is 1380. The normalized spacial score (nSPS) is 15.7. The topological polar surface area (TPSA) is 116 Å². The number of hydrogen-bond donors (Lipinski definition) is 3. The number of carboxylic acid groups (broad SMARTS) is 1. The average Bonchev–Trinajstić information content (AvgIpc) is 3.03. The summed E-state index contributed by atoms with van der Waals surface area (Å²) in [6.07, 6.45) is 0.284. The smallest absolute Gasteiger partial charge is 0.326 e. The maximum atomic E-state index is 13.9. The van der Waals surface area contributed by atoms with E-state index in [1.807, 2.05) is 50.2 Å². The van der Waals surface area contributed by atoms with Crippen LogP contribution < -0.4 is 15.5 Å². The molecule has 9 heteroatoms. The van der Waals surface area contributed by atoms with Crippen molar-refractivity contribution < 1.29 is 24.3 Å². The predicted octanol–water partition coefficient (Wildman–Crippen LogP) is 5.41. The lowest BCUT2D eigenvalue weighted by atomic mass is 9.99. The van der Waals surface area contributed by atoms with Gasteiger partial charge in [-0.15, -0.1) is 0 Å². The van der Waals surface area contributed by atoms with E-state index in [0.717, 1.165) is 10.0 Å². The second-order valence-electron chi connectivity index (χ2n) is 9.59. The monoisotopic (exact) mass is 577 g/mol. The summed E-state index contributed by atoms with van der Waals surface area (Å²) in [6.45, 7) is 3.75. The maximum absolute atomic E-state index is 13.9. The Labute approximate surface area is 229 Å². The first-order valence-electron chi connectivity index (χ1n) is 12.3. The molecule has 2 unspecified atom stereocenters. The van der Waals surface area contributed by atoms with Crippen molar-refractivity contribution in [2.75, 3.05) is 10.2 Å². The van der Waals surface area contributed by atoms with Crippen LogP contribution in [0.4, 0.5) is 11.4 Å². The molecule has 0 spiro atoms. The number of benzene rings is 3. The van der Waals surface area contributed by atoms with Crippen molar-refractivity contribution in [1.82, 2.24) is 5.32 Å². The van der Waals surface area contributed by atoms with Gasteiger partial charge < -0.3 is 15.7 Å². The van der Waals surface area contributed by atoms with Gasteiger partial charge in [0.05, 0.1) is 23.8 Å². The molecule has 3 N–H and O–H groups in total. The number of hydrogen-bond acceptors (Lipinski definition) is 4. The minimum Gasteiger partial charge on any atom is -0.480 e. The van der Waals surface area contributed by atoms with Gasteiger partial charge in [-0.2, -0.15) is 0 Å². The van der Waals surface area contributed by atoms with Gasteiger partial charge in [0.15, 0.2) is 0 Å². The molecule has 3 aromatic carbocycles. The van der Waals surface area contributed by atoms with Crippen LogP contribution in [0.2, 0.25) is 0 Å². The minimum absolute atomic E-state index is 0.00937. The van der Waals surface area contributed by atoms with E-state index in [1.165, 1.54) is 12.1 Å². The first-order chi connectivity index (χ1) is 18.1. The molecule has 1 heterocycles. The molecule has 1 aliphatic heterocycles. The summed E-state index contributed by atoms with van der Waals surface area (Å²) in [5, 5.41) is 14.9. The van der Waals surface area contributed by atoms with Gasteiger partial charge in [0.25, 0.3) is 11.8 Å². The number of amides is 3. The van der Waals surface area contributed by atoms with Gasteiger partial charge in [-0.1, -0.05) is 66.2 Å². The zero-order valence-corrected chi connectivity index (χ0v) is 22.6. The third-order valence-electron chi connectivity index (χ3n) is 6.27. The van der Waals surface area contributed by atoms with Gasteiger partial charge in [0.2, 0.25) is 5.91 Å². The molecule has 1 aliphatic rings. The number of carbonyl (C=O) groups excluding carboxylic acids is 3. The molecule has 0 fully saturated rings. The summed E-state index contributed by atoms with van der Waals surface area (Å²) in [4.78, 5) is 53.2. The summed E-state index contributed by atoms with van der Waals surface area (Å²) in [5.74, 6) is -2.26. The molecule has 3 amide bonds. The van der Waals surface area contributed by atoms with E-state index in [4.69, 9.17) is 0 Å². The number of fused-ring (bicyclic) bond motifs is 1. The summed E-state index contributed by atoms with van der Waals surface area (Å²) in [7, 11) is 0. The molecule has 0 saturated heterocycles. The van der Waals surface area contributed by atoms with Crippen molar-refractivity contribution in [3.05, 3.63) is 94.0 Å². The van der Waals surface area contributed by atoms with E-state index in [-0.39, 0.29) is 36.1 Å². The molecule has 0 aromatic heterocycles. The summed E-state index contributed by atoms with van der Waals surface area (Å²) >= 11 is 3.42. The van der Waals surface area contributed by atoms with Crippen LogP contribution in [0, 0.1) is 5.92 Å². The maximum Gasteiger partial charge on any atom is 0.326 e. The molecule has 3 aromatic rings. The Hall–Kier alpha value is -3.98. The first kappa shape index (κ1) is 27.1. The number of aliphatic carboxylic acids is 1. The van der Waals surface area contributed by atoms with Gasteiger partial charge >= 0.3 is 5.97 Å². The van der Waals surface area contributed by atoms with Crippen LogP contribution in [0.25, 0.3) is 0 Å². The summed E-state index contributed by atoms with van der Waals surface area (Å²) < 4.78 is 0.741. The average molecular weight is 578 g/mol. The summed E-state index contributed by atoms with van der Waals surface area (Å²) in [5.41, 5.74) is 2.12. The van der Waals surface area contributed by atoms with Gasteiger partial charge in [-0.3, -0.25) is 19.3 Å². The van der Waals surface area contributed by atoms with Crippen LogP contribution >= 0.6 is 15.9 Å². The Balaban J connectivity index is 1.77. The largest absolute Gasteiger partial charge is 0.480 e. The lowest BCUT2D eigenvalue weighted by Crippen LogP contribution is -2.41. The number of rotatable bonds is 7. The van der Waals surface area contributed by atoms with Crippen LogP contribution in [0.15, 0.2) is 77.3 Å². The molecule has 38 heavy (non-hydrogen) atoms. The SMILES string of the molecule is CC(C)CC(NC(=O)c1ccc2c(c1)NC(=O)CC(c1ccccc1)N2C(=O)c1cccc(Br)c1)C(=O)O. The number of anilines is 2. The van der Waals surface area contributed by atoms with Gasteiger partial charge in [-0.05, 0) is 54.3 Å². The first-order valence-corrected chi connectivity index (χ1v) is 13.0. The minimum atomic E-state index is -1.12. The number of halogens is 1. The highest BCUT2D eigenvalue weighted by atomic mass is 79.9. The quantitative estimate of drug-likeness (QED) is 0.347. The fourth-order valence-electron chi connectivity index (χ4n) is 4.51. The molecule has 196 valence electrons. The highest BCUT2D eigenvalue weighted by molar-refractivity contribution is 9.10. The van der Waals surface area contributed by atoms with Crippen LogP contribution in [0.3, 0.4) is 0 Å². The lowest BCUT2D eigenvalue weighted by Gasteiger charge is -2.31. The second-order valence-corrected chi connectivity index (χ2v) is 10.5. The van der Waals surface area contributed by atoms with Crippen molar-refractivity contribution >= 4 is 51.0 Å². The number of carbonyl (C=O) groups is 4. The standard InChI is InChI=1S/C29H28BrN3O5/c1-17(2)13-23(29(37)38)32-27(35)19-11-12-24-22(15-19)31-26(34)16-25(18-7-4-3-5-8-18)33(24)28(36)20-9-6-10-21(30)14-20/h3-12,14-15,17,23,25H,13,16H2,1-2H3,(H,31,34)(H,32,35)(H,37,38). The molecule has 0 saturated carbocycles. The third kappa shape index (κ3) is 6.11. The number of carboxylic acids is 1. The molecule has 2 atom stereocenters. The molecule has 8 nitrogen and oxygen atoms in total. The lowest BCUT2D eigenvalue weighted by molar-refractivity contribution is -0.139. The molecular formula is C29H28BrN3O5. The highest BCUT2D eigenvalue weighted by Gasteiger charge is 2.34. The van der Waals surface area contributed by atoms with Gasteiger partial charge in [0.1, 0.15) is 6.04 Å². The Morgan fingerprint density at radius 2 is 1.76 bits per heavy atom. The summed E-state index contributed by atoms with van der Waals surface area (Å²) in [6, 6.07) is 19.3. The van der Waals surface area contributed by atoms with E-state index in [0.29, 0.717) is 16.9 Å². The Kier molecular flexibility index (Phi) is 8.26.